The van der Waals surface area contributed by atoms with Crippen LogP contribution in [0.5, 0.6) is 0 Å². The molecule has 0 atom stereocenters. The van der Waals surface area contributed by atoms with Gasteiger partial charge in [-0.3, -0.25) is 4.79 Å². The first-order chi connectivity index (χ1) is 10.6. The zero-order valence-corrected chi connectivity index (χ0v) is 13.4. The van der Waals surface area contributed by atoms with Gasteiger partial charge in [0, 0.05) is 16.1 Å². The molecular formula is C18H15Cl2NO. The summed E-state index contributed by atoms with van der Waals surface area (Å²) in [6.07, 6.45) is 5.24. The highest BCUT2D eigenvalue weighted by atomic mass is 35.5. The minimum Gasteiger partial charge on any atom is -0.343 e. The standard InChI is InChI=1S/C18H15Cl2NO/c19-15-6-1-13(2-7-15)3-10-17(22)21-18(11-12-18)14-4-8-16(20)9-5-14/h1-10H,11-12H2,(H,21,22)/b10-3+. The van der Waals surface area contributed by atoms with Crippen LogP contribution in [0.4, 0.5) is 0 Å². The van der Waals surface area contributed by atoms with E-state index in [0.29, 0.717) is 10.0 Å². The van der Waals surface area contributed by atoms with Crippen LogP contribution in [0.1, 0.15) is 24.0 Å². The molecule has 2 aromatic rings. The van der Waals surface area contributed by atoms with Crippen molar-refractivity contribution in [3.05, 3.63) is 75.8 Å². The summed E-state index contributed by atoms with van der Waals surface area (Å²) in [7, 11) is 0. The molecule has 2 aromatic carbocycles. The average molecular weight is 332 g/mol. The van der Waals surface area contributed by atoms with Crippen LogP contribution in [0.25, 0.3) is 6.08 Å². The van der Waals surface area contributed by atoms with Crippen molar-refractivity contribution in [2.24, 2.45) is 0 Å². The van der Waals surface area contributed by atoms with Crippen molar-refractivity contribution in [1.29, 1.82) is 0 Å². The Morgan fingerprint density at radius 1 is 0.955 bits per heavy atom. The first-order valence-corrected chi connectivity index (χ1v) is 7.85. The fourth-order valence-electron chi connectivity index (χ4n) is 2.40. The molecular weight excluding hydrogens is 317 g/mol. The molecule has 3 rings (SSSR count). The van der Waals surface area contributed by atoms with E-state index in [4.69, 9.17) is 23.2 Å². The quantitative estimate of drug-likeness (QED) is 0.800. The SMILES string of the molecule is O=C(/C=C/c1ccc(Cl)cc1)NC1(c2ccc(Cl)cc2)CC1. The maximum Gasteiger partial charge on any atom is 0.244 e. The second-order valence-corrected chi connectivity index (χ2v) is 6.34. The summed E-state index contributed by atoms with van der Waals surface area (Å²) < 4.78 is 0. The van der Waals surface area contributed by atoms with Crippen molar-refractivity contribution in [3.63, 3.8) is 0 Å². The Hall–Kier alpha value is -1.77. The molecule has 1 aliphatic carbocycles. The van der Waals surface area contributed by atoms with E-state index in [1.54, 1.807) is 24.3 Å². The minimum absolute atomic E-state index is 0.0950. The third kappa shape index (κ3) is 3.52. The van der Waals surface area contributed by atoms with Gasteiger partial charge in [0.25, 0.3) is 0 Å². The molecule has 0 spiro atoms. The Morgan fingerprint density at radius 3 is 2.05 bits per heavy atom. The maximum absolute atomic E-state index is 12.1. The van der Waals surface area contributed by atoms with E-state index in [1.807, 2.05) is 36.4 Å². The molecule has 1 aliphatic rings. The van der Waals surface area contributed by atoms with Crippen LogP contribution in [0.15, 0.2) is 54.6 Å². The van der Waals surface area contributed by atoms with Gasteiger partial charge in [0.05, 0.1) is 5.54 Å². The van der Waals surface area contributed by atoms with Crippen molar-refractivity contribution in [2.45, 2.75) is 18.4 Å². The number of carbonyl (C=O) groups excluding carboxylic acids is 1. The molecule has 1 fully saturated rings. The number of benzene rings is 2. The van der Waals surface area contributed by atoms with Crippen LogP contribution in [0.2, 0.25) is 10.0 Å². The summed E-state index contributed by atoms with van der Waals surface area (Å²) in [5, 5.41) is 4.47. The van der Waals surface area contributed by atoms with Gasteiger partial charge in [-0.25, -0.2) is 0 Å². The van der Waals surface area contributed by atoms with Gasteiger partial charge >= 0.3 is 0 Å². The Kier molecular flexibility index (Phi) is 4.23. The van der Waals surface area contributed by atoms with E-state index in [1.165, 1.54) is 0 Å². The van der Waals surface area contributed by atoms with E-state index in [9.17, 15) is 4.79 Å². The van der Waals surface area contributed by atoms with Gasteiger partial charge < -0.3 is 5.32 Å². The Balaban J connectivity index is 1.66. The summed E-state index contributed by atoms with van der Waals surface area (Å²) >= 11 is 11.7. The average Bonchev–Trinajstić information content (AvgIpc) is 3.28. The lowest BCUT2D eigenvalue weighted by Gasteiger charge is -2.16. The fraction of sp³-hybridized carbons (Fsp3) is 0.167. The number of rotatable bonds is 4. The lowest BCUT2D eigenvalue weighted by atomic mass is 10.0. The van der Waals surface area contributed by atoms with Crippen molar-refractivity contribution in [2.75, 3.05) is 0 Å². The number of carbonyl (C=O) groups is 1. The maximum atomic E-state index is 12.1. The normalized spacial score (nSPS) is 15.7. The Labute approximate surface area is 139 Å². The highest BCUT2D eigenvalue weighted by Crippen LogP contribution is 2.45. The van der Waals surface area contributed by atoms with Crippen molar-refractivity contribution >= 4 is 35.2 Å². The lowest BCUT2D eigenvalue weighted by Crippen LogP contribution is -2.33. The number of amides is 1. The molecule has 0 unspecified atom stereocenters. The molecule has 0 radical (unpaired) electrons. The van der Waals surface area contributed by atoms with Crippen molar-refractivity contribution in [1.82, 2.24) is 5.32 Å². The molecule has 4 heteroatoms. The second-order valence-electron chi connectivity index (χ2n) is 5.46. The summed E-state index contributed by atoms with van der Waals surface area (Å²) in [4.78, 5) is 12.1. The number of halogens is 2. The minimum atomic E-state index is -0.230. The van der Waals surface area contributed by atoms with Gasteiger partial charge in [0.1, 0.15) is 0 Å². The summed E-state index contributed by atoms with van der Waals surface area (Å²) in [5.74, 6) is -0.0950. The highest BCUT2D eigenvalue weighted by molar-refractivity contribution is 6.30. The molecule has 1 saturated carbocycles. The zero-order chi connectivity index (χ0) is 15.6. The van der Waals surface area contributed by atoms with Crippen LogP contribution in [-0.2, 0) is 10.3 Å². The molecule has 2 nitrogen and oxygen atoms in total. The molecule has 0 bridgehead atoms. The highest BCUT2D eigenvalue weighted by Gasteiger charge is 2.45. The first kappa shape index (κ1) is 15.1. The summed E-state index contributed by atoms with van der Waals surface area (Å²) in [6.45, 7) is 0. The topological polar surface area (TPSA) is 29.1 Å². The fourth-order valence-corrected chi connectivity index (χ4v) is 2.66. The van der Waals surface area contributed by atoms with Crippen LogP contribution in [0.3, 0.4) is 0 Å². The molecule has 0 heterocycles. The summed E-state index contributed by atoms with van der Waals surface area (Å²) in [6, 6.07) is 15.0. The monoisotopic (exact) mass is 331 g/mol. The molecule has 0 aliphatic heterocycles. The van der Waals surface area contributed by atoms with Crippen LogP contribution < -0.4 is 5.32 Å². The predicted octanol–water partition coefficient (Wildman–Crippen LogP) is 4.81. The smallest absolute Gasteiger partial charge is 0.244 e. The number of hydrogen-bond acceptors (Lipinski definition) is 1. The zero-order valence-electron chi connectivity index (χ0n) is 11.9. The molecule has 1 amide bonds. The molecule has 0 aromatic heterocycles. The molecule has 1 N–H and O–H groups in total. The largest absolute Gasteiger partial charge is 0.343 e. The third-order valence-corrected chi connectivity index (χ3v) is 4.31. The summed E-state index contributed by atoms with van der Waals surface area (Å²) in [5.41, 5.74) is 1.81. The van der Waals surface area contributed by atoms with Crippen LogP contribution in [-0.4, -0.2) is 5.91 Å². The number of hydrogen-bond donors (Lipinski definition) is 1. The van der Waals surface area contributed by atoms with E-state index in [0.717, 1.165) is 24.0 Å². The first-order valence-electron chi connectivity index (χ1n) is 7.09. The number of nitrogens with one attached hydrogen (secondary N) is 1. The van der Waals surface area contributed by atoms with E-state index < -0.39 is 0 Å². The van der Waals surface area contributed by atoms with Crippen LogP contribution >= 0.6 is 23.2 Å². The Morgan fingerprint density at radius 2 is 1.50 bits per heavy atom. The van der Waals surface area contributed by atoms with Crippen LogP contribution in [0, 0.1) is 0 Å². The Bertz CT molecular complexity index is 701. The van der Waals surface area contributed by atoms with Gasteiger partial charge in [0.2, 0.25) is 5.91 Å². The molecule has 22 heavy (non-hydrogen) atoms. The van der Waals surface area contributed by atoms with Gasteiger partial charge in [-0.1, -0.05) is 47.5 Å². The lowest BCUT2D eigenvalue weighted by molar-refractivity contribution is -0.117. The predicted molar refractivity (Wildman–Crippen MR) is 91.0 cm³/mol. The third-order valence-electron chi connectivity index (χ3n) is 3.81. The van der Waals surface area contributed by atoms with Gasteiger partial charge in [0.15, 0.2) is 0 Å². The molecule has 0 saturated heterocycles. The van der Waals surface area contributed by atoms with E-state index in [2.05, 4.69) is 5.32 Å². The van der Waals surface area contributed by atoms with Gasteiger partial charge in [-0.05, 0) is 54.3 Å². The van der Waals surface area contributed by atoms with E-state index >= 15 is 0 Å². The van der Waals surface area contributed by atoms with Gasteiger partial charge in [-0.15, -0.1) is 0 Å². The van der Waals surface area contributed by atoms with Crippen molar-refractivity contribution in [3.8, 4) is 0 Å². The van der Waals surface area contributed by atoms with Crippen molar-refractivity contribution < 1.29 is 4.79 Å². The second kappa shape index (κ2) is 6.15. The van der Waals surface area contributed by atoms with E-state index in [-0.39, 0.29) is 11.4 Å². The van der Waals surface area contributed by atoms with Gasteiger partial charge in [-0.2, -0.15) is 0 Å². The molecule has 112 valence electrons.